The maximum absolute atomic E-state index is 12.1. The predicted molar refractivity (Wildman–Crippen MR) is 79.5 cm³/mol. The van der Waals surface area contributed by atoms with Gasteiger partial charge < -0.3 is 0 Å². The quantitative estimate of drug-likeness (QED) is 0.533. The van der Waals surface area contributed by atoms with E-state index >= 15 is 0 Å². The summed E-state index contributed by atoms with van der Waals surface area (Å²) in [6.45, 7) is 0. The number of hydrogen-bond donors (Lipinski definition) is 1. The van der Waals surface area contributed by atoms with Crippen LogP contribution in [0.15, 0.2) is 54.6 Å². The van der Waals surface area contributed by atoms with Crippen LogP contribution in [-0.2, 0) is 9.59 Å². The minimum Gasteiger partial charge on any atom is -0.288 e. The lowest BCUT2D eigenvalue weighted by Gasteiger charge is -2.04. The molecule has 2 amide bonds. The van der Waals surface area contributed by atoms with Gasteiger partial charge in [-0.3, -0.25) is 25.0 Å². The molecule has 0 bridgehead atoms. The number of nitro benzene ring substituents is 1. The predicted octanol–water partition coefficient (Wildman–Crippen LogP) is 2.16. The second-order valence-electron chi connectivity index (χ2n) is 4.70. The molecule has 0 aromatic heterocycles. The highest BCUT2D eigenvalue weighted by molar-refractivity contribution is 6.49. The van der Waals surface area contributed by atoms with Crippen molar-refractivity contribution in [2.75, 3.05) is 0 Å². The summed E-state index contributed by atoms with van der Waals surface area (Å²) >= 11 is 0. The fraction of sp³-hybridized carbons (Fsp3) is 0. The van der Waals surface area contributed by atoms with Crippen LogP contribution in [0.5, 0.6) is 0 Å². The van der Waals surface area contributed by atoms with Crippen molar-refractivity contribution >= 4 is 28.6 Å². The molecule has 108 valence electrons. The number of benzene rings is 2. The first-order valence-corrected chi connectivity index (χ1v) is 6.48. The van der Waals surface area contributed by atoms with E-state index in [2.05, 4.69) is 5.32 Å². The van der Waals surface area contributed by atoms with E-state index in [4.69, 9.17) is 0 Å². The summed E-state index contributed by atoms with van der Waals surface area (Å²) in [4.78, 5) is 34.3. The van der Waals surface area contributed by atoms with Gasteiger partial charge in [-0.1, -0.05) is 30.3 Å². The molecule has 2 aromatic carbocycles. The van der Waals surface area contributed by atoms with Crippen molar-refractivity contribution < 1.29 is 14.5 Å². The lowest BCUT2D eigenvalue weighted by Crippen LogP contribution is -2.22. The molecule has 0 fully saturated rings. The Morgan fingerprint density at radius 1 is 0.773 bits per heavy atom. The molecule has 3 rings (SSSR count). The number of imide groups is 1. The number of amides is 2. The number of nitrogens with zero attached hydrogens (tertiary/aromatic N) is 1. The molecule has 2 aromatic rings. The normalized spacial score (nSPS) is 14.2. The SMILES string of the molecule is O=C1NC(=O)C(c2ccc([N+](=O)[O-])cc2)=C1c1ccccc1. The summed E-state index contributed by atoms with van der Waals surface area (Å²) in [6, 6.07) is 14.4. The van der Waals surface area contributed by atoms with Crippen molar-refractivity contribution in [2.45, 2.75) is 0 Å². The van der Waals surface area contributed by atoms with Crippen molar-refractivity contribution in [1.29, 1.82) is 0 Å². The van der Waals surface area contributed by atoms with E-state index in [-0.39, 0.29) is 16.8 Å². The number of carbonyl (C=O) groups is 2. The maximum Gasteiger partial charge on any atom is 0.269 e. The van der Waals surface area contributed by atoms with Crippen LogP contribution in [0.25, 0.3) is 11.1 Å². The summed E-state index contributed by atoms with van der Waals surface area (Å²) in [5.74, 6) is -0.970. The Morgan fingerprint density at radius 3 is 1.77 bits per heavy atom. The highest BCUT2D eigenvalue weighted by atomic mass is 16.6. The van der Waals surface area contributed by atoms with Gasteiger partial charge in [0.05, 0.1) is 16.1 Å². The molecule has 1 aliphatic heterocycles. The number of carbonyl (C=O) groups excluding carboxylic acids is 2. The van der Waals surface area contributed by atoms with Gasteiger partial charge in [-0.25, -0.2) is 0 Å². The van der Waals surface area contributed by atoms with Gasteiger partial charge >= 0.3 is 0 Å². The van der Waals surface area contributed by atoms with E-state index in [9.17, 15) is 19.7 Å². The van der Waals surface area contributed by atoms with Gasteiger partial charge in [-0.05, 0) is 23.3 Å². The van der Waals surface area contributed by atoms with Crippen LogP contribution < -0.4 is 5.32 Å². The lowest BCUT2D eigenvalue weighted by molar-refractivity contribution is -0.384. The van der Waals surface area contributed by atoms with Crippen molar-refractivity contribution in [3.8, 4) is 0 Å². The smallest absolute Gasteiger partial charge is 0.269 e. The van der Waals surface area contributed by atoms with Crippen LogP contribution in [0.1, 0.15) is 11.1 Å². The molecule has 0 spiro atoms. The second kappa shape index (κ2) is 5.25. The molecule has 0 aliphatic carbocycles. The average Bonchev–Trinajstić information content (AvgIpc) is 2.82. The molecule has 1 heterocycles. The maximum atomic E-state index is 12.1. The number of nitro groups is 1. The Balaban J connectivity index is 2.16. The van der Waals surface area contributed by atoms with Gasteiger partial charge in [0.1, 0.15) is 0 Å². The molecule has 0 unspecified atom stereocenters. The molecular weight excluding hydrogens is 284 g/mol. The van der Waals surface area contributed by atoms with Gasteiger partial charge in [-0.2, -0.15) is 0 Å². The Bertz CT molecular complexity index is 808. The van der Waals surface area contributed by atoms with Crippen LogP contribution in [-0.4, -0.2) is 16.7 Å². The van der Waals surface area contributed by atoms with E-state index in [0.29, 0.717) is 11.1 Å². The fourth-order valence-corrected chi connectivity index (χ4v) is 2.36. The highest BCUT2D eigenvalue weighted by Gasteiger charge is 2.32. The van der Waals surface area contributed by atoms with E-state index in [1.165, 1.54) is 24.3 Å². The van der Waals surface area contributed by atoms with E-state index < -0.39 is 16.7 Å². The molecule has 1 N–H and O–H groups in total. The first-order chi connectivity index (χ1) is 10.6. The Hall–Kier alpha value is -3.28. The van der Waals surface area contributed by atoms with Crippen LogP contribution in [0.4, 0.5) is 5.69 Å². The summed E-state index contributed by atoms with van der Waals surface area (Å²) in [5.41, 5.74) is 1.52. The highest BCUT2D eigenvalue weighted by Crippen LogP contribution is 2.31. The third-order valence-corrected chi connectivity index (χ3v) is 3.36. The third-order valence-electron chi connectivity index (χ3n) is 3.36. The van der Waals surface area contributed by atoms with E-state index in [1.807, 2.05) is 6.07 Å². The largest absolute Gasteiger partial charge is 0.288 e. The van der Waals surface area contributed by atoms with Crippen LogP contribution in [0.2, 0.25) is 0 Å². The lowest BCUT2D eigenvalue weighted by atomic mass is 9.96. The number of nitrogens with one attached hydrogen (secondary N) is 1. The second-order valence-corrected chi connectivity index (χ2v) is 4.70. The van der Waals surface area contributed by atoms with Gasteiger partial charge in [-0.15, -0.1) is 0 Å². The van der Waals surface area contributed by atoms with Crippen molar-refractivity contribution in [1.82, 2.24) is 5.32 Å². The standard InChI is InChI=1S/C16H10N2O4/c19-15-13(10-4-2-1-3-5-10)14(16(20)17-15)11-6-8-12(9-7-11)18(21)22/h1-9H,(H,17,19,20). The third kappa shape index (κ3) is 2.26. The van der Waals surface area contributed by atoms with Crippen LogP contribution >= 0.6 is 0 Å². The molecule has 0 radical (unpaired) electrons. The van der Waals surface area contributed by atoms with Crippen molar-refractivity contribution in [3.05, 3.63) is 75.8 Å². The number of rotatable bonds is 3. The summed E-state index contributed by atoms with van der Waals surface area (Å²) in [6.07, 6.45) is 0. The summed E-state index contributed by atoms with van der Waals surface area (Å²) < 4.78 is 0. The first-order valence-electron chi connectivity index (χ1n) is 6.48. The molecule has 0 atom stereocenters. The average molecular weight is 294 g/mol. The zero-order chi connectivity index (χ0) is 15.7. The molecule has 1 aliphatic rings. The molecule has 22 heavy (non-hydrogen) atoms. The minimum atomic E-state index is -0.518. The molecule has 6 heteroatoms. The Kier molecular flexibility index (Phi) is 3.27. The zero-order valence-corrected chi connectivity index (χ0v) is 11.3. The van der Waals surface area contributed by atoms with E-state index in [0.717, 1.165) is 0 Å². The summed E-state index contributed by atoms with van der Waals surface area (Å²) in [5, 5.41) is 13.0. The molecule has 0 saturated heterocycles. The van der Waals surface area contributed by atoms with Gasteiger partial charge in [0, 0.05) is 12.1 Å². The summed E-state index contributed by atoms with van der Waals surface area (Å²) in [7, 11) is 0. The number of hydrogen-bond acceptors (Lipinski definition) is 4. The van der Waals surface area contributed by atoms with E-state index in [1.54, 1.807) is 24.3 Å². The molecular formula is C16H10N2O4. The Morgan fingerprint density at radius 2 is 1.27 bits per heavy atom. The van der Waals surface area contributed by atoms with Crippen molar-refractivity contribution in [2.24, 2.45) is 0 Å². The van der Waals surface area contributed by atoms with Gasteiger partial charge in [0.2, 0.25) is 0 Å². The molecule has 0 saturated carbocycles. The van der Waals surface area contributed by atoms with Gasteiger partial charge in [0.25, 0.3) is 17.5 Å². The van der Waals surface area contributed by atoms with Crippen molar-refractivity contribution in [3.63, 3.8) is 0 Å². The Labute approximate surface area is 125 Å². The van der Waals surface area contributed by atoms with Crippen LogP contribution in [0, 0.1) is 10.1 Å². The van der Waals surface area contributed by atoms with Crippen LogP contribution in [0.3, 0.4) is 0 Å². The van der Waals surface area contributed by atoms with Gasteiger partial charge in [0.15, 0.2) is 0 Å². The topological polar surface area (TPSA) is 89.3 Å². The monoisotopic (exact) mass is 294 g/mol. The minimum absolute atomic E-state index is 0.0738. The zero-order valence-electron chi connectivity index (χ0n) is 11.3. The number of non-ortho nitro benzene ring substituents is 1. The fourth-order valence-electron chi connectivity index (χ4n) is 2.36. The first kappa shape index (κ1) is 13.7. The molecule has 6 nitrogen and oxygen atoms in total.